The van der Waals surface area contributed by atoms with Crippen LogP contribution in [0.3, 0.4) is 0 Å². The van der Waals surface area contributed by atoms with Crippen LogP contribution in [0.15, 0.2) is 0 Å². The quantitative estimate of drug-likeness (QED) is 0.348. The van der Waals surface area contributed by atoms with Crippen LogP contribution < -0.4 is 0 Å². The number of halogens is 4. The molecular weight excluding hydrogens is 294 g/mol. The highest BCUT2D eigenvalue weighted by atomic mass is 35.5. The van der Waals surface area contributed by atoms with Crippen LogP contribution in [0.1, 0.15) is 12.8 Å². The third-order valence-electron chi connectivity index (χ3n) is 2.09. The molecule has 6 heteroatoms. The van der Waals surface area contributed by atoms with Crippen molar-refractivity contribution in [1.82, 2.24) is 0 Å². The average molecular weight is 312 g/mol. The smallest absolute Gasteiger partial charge is 0.105 e. The summed E-state index contributed by atoms with van der Waals surface area (Å²) in [5.41, 5.74) is 0. The summed E-state index contributed by atoms with van der Waals surface area (Å²) in [5.74, 6) is 0. The molecule has 0 saturated carbocycles. The van der Waals surface area contributed by atoms with E-state index in [0.29, 0.717) is 0 Å². The van der Waals surface area contributed by atoms with E-state index in [4.69, 9.17) is 46.4 Å². The van der Waals surface area contributed by atoms with Gasteiger partial charge in [0.2, 0.25) is 0 Å². The third kappa shape index (κ3) is 13.6. The van der Waals surface area contributed by atoms with Gasteiger partial charge in [0.05, 0.1) is 0 Å². The molecule has 86 valence electrons. The van der Waals surface area contributed by atoms with Crippen LogP contribution in [-0.4, -0.2) is 28.7 Å². The van der Waals surface area contributed by atoms with Crippen molar-refractivity contribution in [3.05, 3.63) is 0 Å². The molecule has 0 rings (SSSR count). The predicted molar refractivity (Wildman–Crippen MR) is 76.5 cm³/mol. The Morgan fingerprint density at radius 3 is 1.29 bits per heavy atom. The van der Waals surface area contributed by atoms with Gasteiger partial charge < -0.3 is 0 Å². The summed E-state index contributed by atoms with van der Waals surface area (Å²) in [4.78, 5) is -0.291. The number of rotatable bonds is 9. The van der Waals surface area contributed by atoms with Gasteiger partial charge in [0.1, 0.15) is 9.67 Å². The zero-order valence-corrected chi connectivity index (χ0v) is 14.2. The van der Waals surface area contributed by atoms with Crippen molar-refractivity contribution in [1.29, 1.82) is 0 Å². The first kappa shape index (κ1) is 15.6. The maximum Gasteiger partial charge on any atom is 0.107 e. The molecule has 0 bridgehead atoms. The monoisotopic (exact) mass is 310 g/mol. The molecule has 14 heavy (non-hydrogen) atoms. The Morgan fingerprint density at radius 2 is 1.00 bits per heavy atom. The lowest BCUT2D eigenvalue weighted by Gasteiger charge is -2.02. The van der Waals surface area contributed by atoms with Crippen LogP contribution in [0.4, 0.5) is 0 Å². The van der Waals surface area contributed by atoms with Crippen molar-refractivity contribution in [2.75, 3.05) is 0 Å². The second-order valence-corrected chi connectivity index (χ2v) is 10.3. The molecule has 0 unspecified atom stereocenters. The van der Waals surface area contributed by atoms with Gasteiger partial charge in [0, 0.05) is 19.0 Å². The molecule has 0 amide bonds. The average Bonchev–Trinajstić information content (AvgIpc) is 2.08. The Balaban J connectivity index is 2.92. The fraction of sp³-hybridized carbons (Fsp3) is 1.00. The maximum absolute atomic E-state index is 5.64. The summed E-state index contributed by atoms with van der Waals surface area (Å²) in [6.45, 7) is 0. The van der Waals surface area contributed by atoms with Crippen LogP contribution in [-0.2, 0) is 0 Å². The van der Waals surface area contributed by atoms with Crippen molar-refractivity contribution in [3.63, 3.8) is 0 Å². The van der Waals surface area contributed by atoms with Crippen molar-refractivity contribution in [2.24, 2.45) is 0 Å². The van der Waals surface area contributed by atoms with Crippen LogP contribution in [0.5, 0.6) is 0 Å². The highest BCUT2D eigenvalue weighted by Gasteiger charge is 2.00. The minimum atomic E-state index is -0.145. The van der Waals surface area contributed by atoms with E-state index in [-0.39, 0.29) is 28.7 Å². The normalized spacial score (nSPS) is 13.3. The minimum absolute atomic E-state index is 0.121. The molecular formula is C8H18Cl4Si2. The molecule has 0 aromatic heterocycles. The van der Waals surface area contributed by atoms with Crippen LogP contribution in [0.2, 0.25) is 24.2 Å². The largest absolute Gasteiger partial charge is 0.107 e. The molecule has 0 nitrogen and oxygen atoms in total. The lowest BCUT2D eigenvalue weighted by atomic mass is 10.6. The van der Waals surface area contributed by atoms with E-state index >= 15 is 0 Å². The first-order chi connectivity index (χ1) is 6.63. The zero-order chi connectivity index (χ0) is 10.8. The molecule has 0 saturated heterocycles. The minimum Gasteiger partial charge on any atom is -0.105 e. The number of alkyl halides is 4. The van der Waals surface area contributed by atoms with E-state index < -0.39 is 0 Å². The SMILES string of the molecule is ClC(Cl)CC[SiH2]CC[SiH2]CCC(Cl)Cl. The summed E-state index contributed by atoms with van der Waals surface area (Å²) >= 11 is 22.6. The van der Waals surface area contributed by atoms with E-state index in [9.17, 15) is 0 Å². The molecule has 0 aliphatic heterocycles. The molecule has 0 aromatic carbocycles. The van der Waals surface area contributed by atoms with E-state index in [0.717, 1.165) is 12.8 Å². The van der Waals surface area contributed by atoms with Crippen molar-refractivity contribution >= 4 is 65.4 Å². The first-order valence-electron chi connectivity index (χ1n) is 5.19. The Bertz CT molecular complexity index is 108. The van der Waals surface area contributed by atoms with Gasteiger partial charge in [-0.1, -0.05) is 24.2 Å². The van der Waals surface area contributed by atoms with Gasteiger partial charge in [-0.15, -0.1) is 46.4 Å². The second-order valence-electron chi connectivity index (χ2n) is 3.48. The second kappa shape index (κ2) is 11.1. The summed E-state index contributed by atoms with van der Waals surface area (Å²) in [7, 11) is 0.242. The van der Waals surface area contributed by atoms with Gasteiger partial charge in [-0.3, -0.25) is 0 Å². The zero-order valence-electron chi connectivity index (χ0n) is 8.32. The summed E-state index contributed by atoms with van der Waals surface area (Å²) < 4.78 is 0. The fourth-order valence-corrected chi connectivity index (χ4v) is 7.89. The molecule has 0 fully saturated rings. The van der Waals surface area contributed by atoms with Gasteiger partial charge in [0.25, 0.3) is 0 Å². The molecule has 0 N–H and O–H groups in total. The highest BCUT2D eigenvalue weighted by molar-refractivity contribution is 6.46. The van der Waals surface area contributed by atoms with Gasteiger partial charge in [-0.05, 0) is 12.8 Å². The lowest BCUT2D eigenvalue weighted by molar-refractivity contribution is 1.01. The number of hydrogen-bond acceptors (Lipinski definition) is 0. The van der Waals surface area contributed by atoms with Crippen LogP contribution in [0, 0.1) is 0 Å². The van der Waals surface area contributed by atoms with Gasteiger partial charge in [-0.25, -0.2) is 0 Å². The van der Waals surface area contributed by atoms with E-state index in [1.54, 1.807) is 0 Å². The Kier molecular flexibility index (Phi) is 12.4. The van der Waals surface area contributed by atoms with E-state index in [1.165, 1.54) is 24.2 Å². The fourth-order valence-electron chi connectivity index (χ4n) is 1.30. The molecule has 0 aliphatic rings. The summed E-state index contributed by atoms with van der Waals surface area (Å²) in [5, 5.41) is 0. The first-order valence-corrected chi connectivity index (χ1v) is 10.9. The van der Waals surface area contributed by atoms with Gasteiger partial charge >= 0.3 is 0 Å². The van der Waals surface area contributed by atoms with Crippen molar-refractivity contribution in [2.45, 2.75) is 46.7 Å². The molecule has 0 atom stereocenters. The maximum atomic E-state index is 5.64. The third-order valence-corrected chi connectivity index (χ3v) is 7.78. The Morgan fingerprint density at radius 1 is 0.643 bits per heavy atom. The summed E-state index contributed by atoms with van der Waals surface area (Å²) in [6.07, 6.45) is 1.98. The number of hydrogen-bond donors (Lipinski definition) is 0. The van der Waals surface area contributed by atoms with Gasteiger partial charge in [0.15, 0.2) is 0 Å². The molecule has 0 aliphatic carbocycles. The van der Waals surface area contributed by atoms with Gasteiger partial charge in [-0.2, -0.15) is 0 Å². The lowest BCUT2D eigenvalue weighted by Crippen LogP contribution is -1.98. The molecule has 0 spiro atoms. The van der Waals surface area contributed by atoms with Crippen molar-refractivity contribution in [3.8, 4) is 0 Å². The Hall–Kier alpha value is 1.59. The highest BCUT2D eigenvalue weighted by Crippen LogP contribution is 2.12. The topological polar surface area (TPSA) is 0 Å². The van der Waals surface area contributed by atoms with Crippen LogP contribution >= 0.6 is 46.4 Å². The van der Waals surface area contributed by atoms with Crippen LogP contribution in [0.25, 0.3) is 0 Å². The predicted octanol–water partition coefficient (Wildman–Crippen LogP) is 3.38. The molecule has 0 radical (unpaired) electrons. The molecule has 0 aromatic rings. The van der Waals surface area contributed by atoms with Crippen molar-refractivity contribution < 1.29 is 0 Å². The molecule has 0 heterocycles. The Labute approximate surface area is 112 Å². The van der Waals surface area contributed by atoms with E-state index in [1.807, 2.05) is 0 Å². The standard InChI is InChI=1S/C8H18Cl4Si2/c9-7(10)1-3-13-5-6-14-4-2-8(11)12/h7-8H,1-6,13-14H2. The summed E-state index contributed by atoms with van der Waals surface area (Å²) in [6, 6.07) is 5.50. The van der Waals surface area contributed by atoms with E-state index in [2.05, 4.69) is 0 Å².